The van der Waals surface area contributed by atoms with E-state index in [1.54, 1.807) is 0 Å². The molecule has 2 saturated heterocycles. The molecule has 5 atom stereocenters. The van der Waals surface area contributed by atoms with E-state index in [9.17, 15) is 4.79 Å². The molecule has 3 rings (SSSR count). The third kappa shape index (κ3) is 2.22. The van der Waals surface area contributed by atoms with E-state index >= 15 is 0 Å². The summed E-state index contributed by atoms with van der Waals surface area (Å²) in [4.78, 5) is 12.2. The summed E-state index contributed by atoms with van der Waals surface area (Å²) in [7, 11) is 0. The molecule has 3 aliphatic rings. The van der Waals surface area contributed by atoms with Gasteiger partial charge >= 0.3 is 5.97 Å². The number of ether oxygens (including phenoxy) is 1. The molecule has 0 aromatic rings. The van der Waals surface area contributed by atoms with E-state index in [0.29, 0.717) is 18.0 Å². The number of hydrogen-bond acceptors (Lipinski definition) is 3. The van der Waals surface area contributed by atoms with Crippen LogP contribution < -0.4 is 5.32 Å². The molecule has 1 saturated carbocycles. The van der Waals surface area contributed by atoms with Gasteiger partial charge in [-0.2, -0.15) is 0 Å². The molecule has 3 nitrogen and oxygen atoms in total. The largest absolute Gasteiger partial charge is 0.462 e. The Morgan fingerprint density at radius 2 is 2.00 bits per heavy atom. The van der Waals surface area contributed by atoms with Crippen molar-refractivity contribution in [1.29, 1.82) is 0 Å². The van der Waals surface area contributed by atoms with Crippen LogP contribution in [0.25, 0.3) is 0 Å². The van der Waals surface area contributed by atoms with Gasteiger partial charge in [0.05, 0.1) is 5.92 Å². The first kappa shape index (κ1) is 11.5. The Labute approximate surface area is 103 Å². The number of fused-ring (bicyclic) bond motifs is 2. The summed E-state index contributed by atoms with van der Waals surface area (Å²) in [6.07, 6.45) is 8.40. The highest BCUT2D eigenvalue weighted by Crippen LogP contribution is 2.35. The molecular weight excluding hydrogens is 214 g/mol. The second kappa shape index (κ2) is 4.60. The van der Waals surface area contributed by atoms with Crippen LogP contribution in [0, 0.1) is 11.8 Å². The molecule has 0 radical (unpaired) electrons. The quantitative estimate of drug-likeness (QED) is 0.749. The van der Waals surface area contributed by atoms with Gasteiger partial charge in [0.15, 0.2) is 0 Å². The highest BCUT2D eigenvalue weighted by Gasteiger charge is 2.44. The molecule has 3 heteroatoms. The van der Waals surface area contributed by atoms with Crippen LogP contribution in [0.3, 0.4) is 0 Å². The lowest BCUT2D eigenvalue weighted by atomic mass is 9.87. The first-order valence-corrected chi connectivity index (χ1v) is 7.20. The van der Waals surface area contributed by atoms with Gasteiger partial charge in [-0.15, -0.1) is 0 Å². The zero-order chi connectivity index (χ0) is 11.8. The maximum atomic E-state index is 12.2. The van der Waals surface area contributed by atoms with Gasteiger partial charge in [0.2, 0.25) is 0 Å². The number of carbonyl (C=O) groups excluding carboxylic acids is 1. The SMILES string of the molecule is CC1CCCCC1OC(=O)C1CC2CCC1N2. The van der Waals surface area contributed by atoms with Crippen LogP contribution in [-0.2, 0) is 9.53 Å². The molecule has 17 heavy (non-hydrogen) atoms. The lowest BCUT2D eigenvalue weighted by molar-refractivity contribution is -0.159. The fraction of sp³-hybridized carbons (Fsp3) is 0.929. The third-order valence-corrected chi connectivity index (χ3v) is 4.90. The summed E-state index contributed by atoms with van der Waals surface area (Å²) in [6, 6.07) is 0.993. The van der Waals surface area contributed by atoms with Gasteiger partial charge in [-0.05, 0) is 44.4 Å². The van der Waals surface area contributed by atoms with E-state index < -0.39 is 0 Å². The lowest BCUT2D eigenvalue weighted by Crippen LogP contribution is -2.35. The van der Waals surface area contributed by atoms with Crippen molar-refractivity contribution in [3.05, 3.63) is 0 Å². The first-order valence-electron chi connectivity index (χ1n) is 7.20. The highest BCUT2D eigenvalue weighted by molar-refractivity contribution is 5.74. The predicted molar refractivity (Wildman–Crippen MR) is 65.6 cm³/mol. The Bertz CT molecular complexity index is 305. The monoisotopic (exact) mass is 237 g/mol. The summed E-state index contributed by atoms with van der Waals surface area (Å²) in [5.41, 5.74) is 0. The number of nitrogens with one attached hydrogen (secondary N) is 1. The molecule has 2 aliphatic heterocycles. The molecule has 5 unspecified atom stereocenters. The summed E-state index contributed by atoms with van der Waals surface area (Å²) < 4.78 is 5.76. The van der Waals surface area contributed by atoms with Gasteiger partial charge in [-0.25, -0.2) is 0 Å². The van der Waals surface area contributed by atoms with Crippen molar-refractivity contribution >= 4 is 5.97 Å². The van der Waals surface area contributed by atoms with Crippen LogP contribution in [0.15, 0.2) is 0 Å². The zero-order valence-corrected chi connectivity index (χ0v) is 10.7. The number of esters is 1. The number of hydrogen-bond donors (Lipinski definition) is 1. The predicted octanol–water partition coefficient (Wildman–Crippen LogP) is 2.25. The summed E-state index contributed by atoms with van der Waals surface area (Å²) in [5.74, 6) is 0.769. The van der Waals surface area contributed by atoms with Gasteiger partial charge in [0, 0.05) is 12.1 Å². The van der Waals surface area contributed by atoms with Gasteiger partial charge < -0.3 is 10.1 Å². The van der Waals surface area contributed by atoms with E-state index in [0.717, 1.165) is 19.3 Å². The first-order chi connectivity index (χ1) is 8.24. The van der Waals surface area contributed by atoms with Gasteiger partial charge in [0.25, 0.3) is 0 Å². The molecule has 1 aliphatic carbocycles. The van der Waals surface area contributed by atoms with Crippen molar-refractivity contribution in [2.75, 3.05) is 0 Å². The van der Waals surface area contributed by atoms with Crippen molar-refractivity contribution in [2.24, 2.45) is 11.8 Å². The van der Waals surface area contributed by atoms with Crippen LogP contribution in [0.5, 0.6) is 0 Å². The Morgan fingerprint density at radius 3 is 2.65 bits per heavy atom. The Morgan fingerprint density at radius 1 is 1.18 bits per heavy atom. The molecule has 0 spiro atoms. The van der Waals surface area contributed by atoms with Gasteiger partial charge in [-0.3, -0.25) is 4.79 Å². The Hall–Kier alpha value is -0.570. The maximum absolute atomic E-state index is 12.2. The minimum Gasteiger partial charge on any atom is -0.462 e. The molecule has 96 valence electrons. The van der Waals surface area contributed by atoms with Crippen molar-refractivity contribution in [2.45, 2.75) is 70.1 Å². The fourth-order valence-corrected chi connectivity index (χ4v) is 3.78. The molecule has 1 N–H and O–H groups in total. The highest BCUT2D eigenvalue weighted by atomic mass is 16.5. The van der Waals surface area contributed by atoms with Crippen molar-refractivity contribution in [3.8, 4) is 0 Å². The van der Waals surface area contributed by atoms with E-state index in [1.165, 1.54) is 25.7 Å². The maximum Gasteiger partial charge on any atom is 0.310 e. The van der Waals surface area contributed by atoms with Gasteiger partial charge in [0.1, 0.15) is 6.10 Å². The average molecular weight is 237 g/mol. The molecule has 3 fully saturated rings. The van der Waals surface area contributed by atoms with Crippen LogP contribution in [0.1, 0.15) is 51.9 Å². The van der Waals surface area contributed by atoms with Crippen molar-refractivity contribution < 1.29 is 9.53 Å². The Kier molecular flexibility index (Phi) is 3.12. The number of carbonyl (C=O) groups is 1. The molecule has 2 heterocycles. The Balaban J connectivity index is 1.56. The molecular formula is C14H23NO2. The van der Waals surface area contributed by atoms with Crippen molar-refractivity contribution in [1.82, 2.24) is 5.32 Å². The standard InChI is InChI=1S/C14H23NO2/c1-9-4-2-3-5-13(9)17-14(16)11-8-10-6-7-12(11)15-10/h9-13,15H,2-8H2,1H3. The van der Waals surface area contributed by atoms with E-state index in [-0.39, 0.29) is 18.0 Å². The second-order valence-corrected chi connectivity index (χ2v) is 6.13. The smallest absolute Gasteiger partial charge is 0.310 e. The number of rotatable bonds is 2. The van der Waals surface area contributed by atoms with Crippen LogP contribution in [0.4, 0.5) is 0 Å². The fourth-order valence-electron chi connectivity index (χ4n) is 3.78. The van der Waals surface area contributed by atoms with E-state index in [2.05, 4.69) is 12.2 Å². The minimum atomic E-state index is 0.0726. The van der Waals surface area contributed by atoms with Crippen LogP contribution in [0.2, 0.25) is 0 Å². The summed E-state index contributed by atoms with van der Waals surface area (Å²) in [6.45, 7) is 2.22. The van der Waals surface area contributed by atoms with Crippen LogP contribution in [-0.4, -0.2) is 24.2 Å². The van der Waals surface area contributed by atoms with Gasteiger partial charge in [-0.1, -0.05) is 13.3 Å². The van der Waals surface area contributed by atoms with E-state index in [4.69, 9.17) is 4.74 Å². The van der Waals surface area contributed by atoms with Crippen LogP contribution >= 0.6 is 0 Å². The molecule has 0 aromatic heterocycles. The zero-order valence-electron chi connectivity index (χ0n) is 10.7. The third-order valence-electron chi connectivity index (χ3n) is 4.90. The minimum absolute atomic E-state index is 0.0726. The topological polar surface area (TPSA) is 38.3 Å². The normalized spacial score (nSPS) is 44.9. The second-order valence-electron chi connectivity index (χ2n) is 6.13. The average Bonchev–Trinajstić information content (AvgIpc) is 2.94. The van der Waals surface area contributed by atoms with Crippen molar-refractivity contribution in [3.63, 3.8) is 0 Å². The summed E-state index contributed by atoms with van der Waals surface area (Å²) >= 11 is 0. The molecule has 0 aromatic carbocycles. The lowest BCUT2D eigenvalue weighted by Gasteiger charge is -2.30. The molecule has 0 amide bonds. The summed E-state index contributed by atoms with van der Waals surface area (Å²) in [5, 5.41) is 3.51. The molecule has 2 bridgehead atoms. The van der Waals surface area contributed by atoms with E-state index in [1.807, 2.05) is 0 Å².